The Morgan fingerprint density at radius 3 is 2.76 bits per heavy atom. The molecule has 3 aromatic rings. The molecule has 0 saturated heterocycles. The zero-order valence-electron chi connectivity index (χ0n) is 16.0. The Bertz CT molecular complexity index is 1130. The van der Waals surface area contributed by atoms with Gasteiger partial charge in [0.25, 0.3) is 0 Å². The van der Waals surface area contributed by atoms with Crippen LogP contribution in [0.2, 0.25) is 0 Å². The zero-order valence-corrected chi connectivity index (χ0v) is 16.0. The van der Waals surface area contributed by atoms with Crippen LogP contribution < -0.4 is 9.47 Å². The average Bonchev–Trinajstić information content (AvgIpc) is 3.29. The maximum atomic E-state index is 12.6. The van der Waals surface area contributed by atoms with Crippen molar-refractivity contribution in [1.29, 1.82) is 0 Å². The number of Topliss-reactive ketones (excluding diaryl/α,β-unsaturated/α-hetero) is 1. The van der Waals surface area contributed by atoms with Crippen LogP contribution in [-0.2, 0) is 18.4 Å². The quantitative estimate of drug-likeness (QED) is 0.487. The lowest BCUT2D eigenvalue weighted by Crippen LogP contribution is -2.03. The summed E-state index contributed by atoms with van der Waals surface area (Å²) in [5.74, 6) is 0.772. The Morgan fingerprint density at radius 1 is 1.14 bits per heavy atom. The van der Waals surface area contributed by atoms with Crippen LogP contribution >= 0.6 is 0 Å². The van der Waals surface area contributed by atoms with Crippen molar-refractivity contribution in [2.24, 2.45) is 7.05 Å². The van der Waals surface area contributed by atoms with Crippen LogP contribution in [0.5, 0.6) is 11.5 Å². The van der Waals surface area contributed by atoms with E-state index in [4.69, 9.17) is 14.2 Å². The molecule has 2 heterocycles. The molecule has 6 nitrogen and oxygen atoms in total. The summed E-state index contributed by atoms with van der Waals surface area (Å²) in [6.45, 7) is 0.267. The summed E-state index contributed by atoms with van der Waals surface area (Å²) in [6.07, 6.45) is 3.63. The SMILES string of the molecule is COC(=O)c1cccc(COc2ccc3c(c2)O/C(=C\c2cccn2C)C3=O)c1. The predicted octanol–water partition coefficient (Wildman–Crippen LogP) is 4.01. The molecular formula is C23H19NO5. The van der Waals surface area contributed by atoms with Crippen LogP contribution in [0.25, 0.3) is 6.08 Å². The van der Waals surface area contributed by atoms with E-state index in [0.717, 1.165) is 11.3 Å². The monoisotopic (exact) mass is 389 g/mol. The Kier molecular flexibility index (Phi) is 4.91. The molecule has 0 bridgehead atoms. The number of nitrogens with zero attached hydrogens (tertiary/aromatic N) is 1. The molecule has 4 rings (SSSR count). The summed E-state index contributed by atoms with van der Waals surface area (Å²) < 4.78 is 18.2. The lowest BCUT2D eigenvalue weighted by Gasteiger charge is -2.08. The standard InChI is InChI=1S/C23H19NO5/c1-24-10-4-7-17(24)12-21-22(25)19-9-8-18(13-20(19)29-21)28-14-15-5-3-6-16(11-15)23(26)27-2/h3-13H,14H2,1-2H3/b21-12-. The van der Waals surface area contributed by atoms with Crippen molar-refractivity contribution in [3.05, 3.63) is 88.9 Å². The van der Waals surface area contributed by atoms with Gasteiger partial charge in [-0.2, -0.15) is 0 Å². The lowest BCUT2D eigenvalue weighted by atomic mass is 10.1. The first-order valence-corrected chi connectivity index (χ1v) is 9.05. The molecule has 146 valence electrons. The summed E-state index contributed by atoms with van der Waals surface area (Å²) >= 11 is 0. The lowest BCUT2D eigenvalue weighted by molar-refractivity contribution is 0.0600. The van der Waals surface area contributed by atoms with Crippen molar-refractivity contribution in [3.63, 3.8) is 0 Å². The molecule has 1 aliphatic heterocycles. The molecule has 1 aliphatic rings. The Hall–Kier alpha value is -3.80. The minimum Gasteiger partial charge on any atom is -0.489 e. The fourth-order valence-electron chi connectivity index (χ4n) is 3.09. The second kappa shape index (κ2) is 7.67. The molecule has 1 aromatic heterocycles. The number of hydrogen-bond acceptors (Lipinski definition) is 5. The van der Waals surface area contributed by atoms with Gasteiger partial charge in [0.2, 0.25) is 5.78 Å². The average molecular weight is 389 g/mol. The number of carbonyl (C=O) groups excluding carboxylic acids is 2. The number of ether oxygens (including phenoxy) is 3. The van der Waals surface area contributed by atoms with E-state index in [-0.39, 0.29) is 18.1 Å². The maximum absolute atomic E-state index is 12.6. The molecule has 0 radical (unpaired) electrons. The topological polar surface area (TPSA) is 66.8 Å². The third-order valence-corrected chi connectivity index (χ3v) is 4.66. The van der Waals surface area contributed by atoms with E-state index in [2.05, 4.69) is 0 Å². The summed E-state index contributed by atoms with van der Waals surface area (Å²) in [5, 5.41) is 0. The van der Waals surface area contributed by atoms with Crippen LogP contribution in [0.4, 0.5) is 0 Å². The first-order chi connectivity index (χ1) is 14.0. The first kappa shape index (κ1) is 18.6. The number of esters is 1. The molecule has 29 heavy (non-hydrogen) atoms. The van der Waals surface area contributed by atoms with Gasteiger partial charge < -0.3 is 18.8 Å². The smallest absolute Gasteiger partial charge is 0.337 e. The molecule has 0 amide bonds. The van der Waals surface area contributed by atoms with E-state index in [1.165, 1.54) is 7.11 Å². The van der Waals surface area contributed by atoms with E-state index in [1.807, 2.05) is 36.0 Å². The number of fused-ring (bicyclic) bond motifs is 1. The number of benzene rings is 2. The van der Waals surface area contributed by atoms with Crippen LogP contribution in [0.15, 0.2) is 66.6 Å². The highest BCUT2D eigenvalue weighted by molar-refractivity contribution is 6.14. The molecule has 0 aliphatic carbocycles. The fraction of sp³-hybridized carbons (Fsp3) is 0.130. The number of aryl methyl sites for hydroxylation is 1. The maximum Gasteiger partial charge on any atom is 0.337 e. The first-order valence-electron chi connectivity index (χ1n) is 9.05. The normalized spacial score (nSPS) is 13.9. The van der Waals surface area contributed by atoms with Crippen LogP contribution in [0.3, 0.4) is 0 Å². The van der Waals surface area contributed by atoms with E-state index in [1.54, 1.807) is 42.5 Å². The minimum absolute atomic E-state index is 0.154. The number of allylic oxidation sites excluding steroid dienone is 1. The van der Waals surface area contributed by atoms with Gasteiger partial charge in [-0.15, -0.1) is 0 Å². The van der Waals surface area contributed by atoms with Crippen molar-refractivity contribution in [2.75, 3.05) is 7.11 Å². The molecule has 2 aromatic carbocycles. The molecule has 0 fully saturated rings. The van der Waals surface area contributed by atoms with Gasteiger partial charge in [0, 0.05) is 31.1 Å². The van der Waals surface area contributed by atoms with E-state index in [9.17, 15) is 9.59 Å². The van der Waals surface area contributed by atoms with E-state index in [0.29, 0.717) is 22.6 Å². The molecule has 0 saturated carbocycles. The second-order valence-corrected chi connectivity index (χ2v) is 6.62. The third kappa shape index (κ3) is 3.78. The Morgan fingerprint density at radius 2 is 2.00 bits per heavy atom. The Balaban J connectivity index is 1.49. The molecule has 0 unspecified atom stereocenters. The van der Waals surface area contributed by atoms with Crippen molar-refractivity contribution in [1.82, 2.24) is 4.57 Å². The van der Waals surface area contributed by atoms with Gasteiger partial charge in [-0.05, 0) is 42.0 Å². The van der Waals surface area contributed by atoms with E-state index >= 15 is 0 Å². The molecular weight excluding hydrogens is 370 g/mol. The van der Waals surface area contributed by atoms with Crippen LogP contribution in [0, 0.1) is 0 Å². The minimum atomic E-state index is -0.395. The summed E-state index contributed by atoms with van der Waals surface area (Å²) in [5.41, 5.74) is 2.68. The van der Waals surface area contributed by atoms with Gasteiger partial charge in [0.1, 0.15) is 18.1 Å². The largest absolute Gasteiger partial charge is 0.489 e. The summed E-state index contributed by atoms with van der Waals surface area (Å²) in [4.78, 5) is 24.2. The van der Waals surface area contributed by atoms with Gasteiger partial charge in [-0.25, -0.2) is 4.79 Å². The van der Waals surface area contributed by atoms with Gasteiger partial charge >= 0.3 is 5.97 Å². The number of methoxy groups -OCH3 is 1. The number of carbonyl (C=O) groups is 2. The van der Waals surface area contributed by atoms with Gasteiger partial charge in [0.05, 0.1) is 18.2 Å². The highest BCUT2D eigenvalue weighted by atomic mass is 16.5. The predicted molar refractivity (Wildman–Crippen MR) is 107 cm³/mol. The third-order valence-electron chi connectivity index (χ3n) is 4.66. The van der Waals surface area contributed by atoms with Crippen molar-refractivity contribution >= 4 is 17.8 Å². The highest BCUT2D eigenvalue weighted by Gasteiger charge is 2.28. The summed E-state index contributed by atoms with van der Waals surface area (Å²) in [7, 11) is 3.25. The van der Waals surface area contributed by atoms with Crippen molar-refractivity contribution < 1.29 is 23.8 Å². The van der Waals surface area contributed by atoms with Crippen LogP contribution in [0.1, 0.15) is 32.0 Å². The van der Waals surface area contributed by atoms with Crippen molar-refractivity contribution in [3.8, 4) is 11.5 Å². The second-order valence-electron chi connectivity index (χ2n) is 6.62. The number of aromatic nitrogens is 1. The van der Waals surface area contributed by atoms with Gasteiger partial charge in [-0.1, -0.05) is 12.1 Å². The molecule has 0 spiro atoms. The van der Waals surface area contributed by atoms with Crippen LogP contribution in [-0.4, -0.2) is 23.4 Å². The zero-order chi connectivity index (χ0) is 20.4. The molecule has 6 heteroatoms. The van der Waals surface area contributed by atoms with E-state index < -0.39 is 5.97 Å². The molecule has 0 N–H and O–H groups in total. The number of hydrogen-bond donors (Lipinski definition) is 0. The van der Waals surface area contributed by atoms with Gasteiger partial charge in [-0.3, -0.25) is 4.79 Å². The highest BCUT2D eigenvalue weighted by Crippen LogP contribution is 2.35. The van der Waals surface area contributed by atoms with Crippen molar-refractivity contribution in [2.45, 2.75) is 6.61 Å². The summed E-state index contributed by atoms with van der Waals surface area (Å²) in [6, 6.07) is 16.0. The Labute approximate surface area is 167 Å². The molecule has 0 atom stereocenters. The number of ketones is 1. The van der Waals surface area contributed by atoms with Gasteiger partial charge in [0.15, 0.2) is 5.76 Å². The number of rotatable bonds is 5. The fourth-order valence-corrected chi connectivity index (χ4v) is 3.09.